The molecule has 0 bridgehead atoms. The van der Waals surface area contributed by atoms with Crippen LogP contribution >= 0.6 is 0 Å². The fourth-order valence-electron chi connectivity index (χ4n) is 3.27. The van der Waals surface area contributed by atoms with Crippen molar-refractivity contribution in [3.8, 4) is 0 Å². The summed E-state index contributed by atoms with van der Waals surface area (Å²) in [5.74, 6) is -2.78. The highest BCUT2D eigenvalue weighted by Crippen LogP contribution is 2.19. The molecule has 3 amide bonds. The Bertz CT molecular complexity index is 969. The van der Waals surface area contributed by atoms with E-state index < -0.39 is 41.8 Å². The highest BCUT2D eigenvalue weighted by Gasteiger charge is 2.28. The van der Waals surface area contributed by atoms with Crippen molar-refractivity contribution in [1.29, 1.82) is 0 Å². The van der Waals surface area contributed by atoms with E-state index in [0.29, 0.717) is 6.42 Å². The Hall–Kier alpha value is -3.40. The zero-order valence-corrected chi connectivity index (χ0v) is 18.5. The number of carbonyl (C=O) groups is 4. The first kappa shape index (κ1) is 24.9. The highest BCUT2D eigenvalue weighted by molar-refractivity contribution is 5.93. The molecule has 174 valence electrons. The van der Waals surface area contributed by atoms with Gasteiger partial charge in [-0.3, -0.25) is 14.4 Å². The van der Waals surface area contributed by atoms with Crippen molar-refractivity contribution in [2.45, 2.75) is 51.7 Å². The average Bonchev–Trinajstić information content (AvgIpc) is 3.13. The Morgan fingerprint density at radius 3 is 2.34 bits per heavy atom. The van der Waals surface area contributed by atoms with Crippen LogP contribution in [0.3, 0.4) is 0 Å². The van der Waals surface area contributed by atoms with Crippen LogP contribution in [0.5, 0.6) is 0 Å². The van der Waals surface area contributed by atoms with Gasteiger partial charge in [-0.25, -0.2) is 4.79 Å². The molecule has 3 atom stereocenters. The Kier molecular flexibility index (Phi) is 8.77. The summed E-state index contributed by atoms with van der Waals surface area (Å²) in [6.45, 7) is 4.91. The van der Waals surface area contributed by atoms with E-state index >= 15 is 0 Å². The zero-order chi connectivity index (χ0) is 23.8. The molecule has 0 fully saturated rings. The molecule has 3 unspecified atom stereocenters. The van der Waals surface area contributed by atoms with Crippen molar-refractivity contribution in [3.05, 3.63) is 36.0 Å². The van der Waals surface area contributed by atoms with Gasteiger partial charge >= 0.3 is 5.97 Å². The number of para-hydroxylation sites is 1. The lowest BCUT2D eigenvalue weighted by molar-refractivity contribution is -0.142. The fourth-order valence-corrected chi connectivity index (χ4v) is 3.27. The van der Waals surface area contributed by atoms with Gasteiger partial charge in [-0.15, -0.1) is 0 Å². The molecule has 7 N–H and O–H groups in total. The molecule has 2 rings (SSSR count). The van der Waals surface area contributed by atoms with Crippen LogP contribution in [-0.4, -0.2) is 58.5 Å². The smallest absolute Gasteiger partial charge is 0.326 e. The van der Waals surface area contributed by atoms with Gasteiger partial charge in [-0.05, 0) is 30.9 Å². The fraction of sp³-hybridized carbons (Fsp3) is 0.455. The van der Waals surface area contributed by atoms with E-state index in [1.165, 1.54) is 6.92 Å². The summed E-state index contributed by atoms with van der Waals surface area (Å²) < 4.78 is 0. The number of carboxylic acids is 1. The number of nitrogens with two attached hydrogens (primary N) is 1. The molecule has 0 radical (unpaired) electrons. The third-order valence-electron chi connectivity index (χ3n) is 4.91. The van der Waals surface area contributed by atoms with Gasteiger partial charge in [0.25, 0.3) is 0 Å². The Labute approximate surface area is 186 Å². The van der Waals surface area contributed by atoms with Crippen LogP contribution in [0.15, 0.2) is 30.5 Å². The number of carboxylic acid groups (broad SMARTS) is 1. The van der Waals surface area contributed by atoms with Gasteiger partial charge in [-0.1, -0.05) is 32.0 Å². The normalized spacial score (nSPS) is 13.9. The molecule has 0 aliphatic rings. The van der Waals surface area contributed by atoms with E-state index in [0.717, 1.165) is 16.5 Å². The first-order valence-electron chi connectivity index (χ1n) is 10.5. The van der Waals surface area contributed by atoms with Gasteiger partial charge < -0.3 is 31.8 Å². The molecule has 0 spiro atoms. The Balaban J connectivity index is 2.07. The predicted octanol–water partition coefficient (Wildman–Crippen LogP) is 0.274. The topological polar surface area (TPSA) is 166 Å². The minimum atomic E-state index is -1.18. The monoisotopic (exact) mass is 445 g/mol. The molecule has 10 nitrogen and oxygen atoms in total. The average molecular weight is 446 g/mol. The van der Waals surface area contributed by atoms with Crippen molar-refractivity contribution < 1.29 is 24.3 Å². The first-order valence-corrected chi connectivity index (χ1v) is 10.5. The molecule has 0 aliphatic carbocycles. The van der Waals surface area contributed by atoms with Crippen LogP contribution < -0.4 is 21.7 Å². The molecular weight excluding hydrogens is 414 g/mol. The van der Waals surface area contributed by atoms with E-state index in [1.54, 1.807) is 6.20 Å². The number of aliphatic carboxylic acids is 1. The molecule has 1 heterocycles. The van der Waals surface area contributed by atoms with E-state index in [9.17, 15) is 24.3 Å². The van der Waals surface area contributed by atoms with Crippen LogP contribution in [0.4, 0.5) is 0 Å². The Morgan fingerprint density at radius 1 is 1.03 bits per heavy atom. The summed E-state index contributed by atoms with van der Waals surface area (Å²) in [5.41, 5.74) is 7.08. The van der Waals surface area contributed by atoms with Crippen LogP contribution in [0.2, 0.25) is 0 Å². The number of aromatic nitrogens is 1. The van der Waals surface area contributed by atoms with Gasteiger partial charge in [0.1, 0.15) is 12.1 Å². The third kappa shape index (κ3) is 7.09. The summed E-state index contributed by atoms with van der Waals surface area (Å²) in [7, 11) is 0. The van der Waals surface area contributed by atoms with Crippen LogP contribution in [-0.2, 0) is 25.6 Å². The van der Waals surface area contributed by atoms with Gasteiger partial charge in [0.2, 0.25) is 17.7 Å². The molecule has 1 aromatic heterocycles. The van der Waals surface area contributed by atoms with Crippen molar-refractivity contribution in [2.75, 3.05) is 6.54 Å². The summed E-state index contributed by atoms with van der Waals surface area (Å²) >= 11 is 0. The van der Waals surface area contributed by atoms with E-state index in [4.69, 9.17) is 5.73 Å². The number of nitrogens with one attached hydrogen (secondary N) is 4. The van der Waals surface area contributed by atoms with Gasteiger partial charge in [0, 0.05) is 23.5 Å². The van der Waals surface area contributed by atoms with E-state index in [1.807, 2.05) is 38.1 Å². The van der Waals surface area contributed by atoms with Crippen LogP contribution in [0.1, 0.15) is 32.8 Å². The number of hydrogen-bond acceptors (Lipinski definition) is 5. The second-order valence-electron chi connectivity index (χ2n) is 8.22. The largest absolute Gasteiger partial charge is 0.480 e. The SMILES string of the molecule is CC(C)CC(NC(=O)CNC(=O)C(C)N)C(=O)NC(Cc1c[nH]c2ccccc12)C(=O)O. The summed E-state index contributed by atoms with van der Waals surface area (Å²) in [4.78, 5) is 51.6. The lowest BCUT2D eigenvalue weighted by Crippen LogP contribution is -2.54. The third-order valence-corrected chi connectivity index (χ3v) is 4.91. The van der Waals surface area contributed by atoms with Crippen LogP contribution in [0.25, 0.3) is 10.9 Å². The van der Waals surface area contributed by atoms with E-state index in [2.05, 4.69) is 20.9 Å². The quantitative estimate of drug-likeness (QED) is 0.290. The maximum Gasteiger partial charge on any atom is 0.326 e. The number of H-pyrrole nitrogens is 1. The number of fused-ring (bicyclic) bond motifs is 1. The first-order chi connectivity index (χ1) is 15.1. The standard InChI is InChI=1S/C22H31N5O5/c1-12(2)8-17(26-19(28)11-25-20(29)13(3)23)21(30)27-18(22(31)32)9-14-10-24-16-7-5-4-6-15(14)16/h4-7,10,12-13,17-18,24H,8-9,11,23H2,1-3H3,(H,25,29)(H,26,28)(H,27,30)(H,31,32). The minimum Gasteiger partial charge on any atom is -0.480 e. The predicted molar refractivity (Wildman–Crippen MR) is 120 cm³/mol. The van der Waals surface area contributed by atoms with Gasteiger partial charge in [-0.2, -0.15) is 0 Å². The maximum absolute atomic E-state index is 12.9. The molecule has 32 heavy (non-hydrogen) atoms. The lowest BCUT2D eigenvalue weighted by atomic mass is 10.0. The number of amides is 3. The Morgan fingerprint density at radius 2 is 1.72 bits per heavy atom. The number of rotatable bonds is 11. The number of aromatic amines is 1. The molecule has 0 saturated heterocycles. The van der Waals surface area contributed by atoms with Crippen molar-refractivity contribution in [3.63, 3.8) is 0 Å². The van der Waals surface area contributed by atoms with Gasteiger partial charge in [0.05, 0.1) is 12.6 Å². The molecule has 0 saturated carbocycles. The second-order valence-corrected chi connectivity index (χ2v) is 8.22. The number of carbonyl (C=O) groups excluding carboxylic acids is 3. The van der Waals surface area contributed by atoms with Crippen molar-refractivity contribution >= 4 is 34.6 Å². The highest BCUT2D eigenvalue weighted by atomic mass is 16.4. The van der Waals surface area contributed by atoms with Crippen molar-refractivity contribution in [1.82, 2.24) is 20.9 Å². The number of benzene rings is 1. The summed E-state index contributed by atoms with van der Waals surface area (Å²) in [6.07, 6.45) is 2.11. The minimum absolute atomic E-state index is 0.0570. The molecule has 0 aliphatic heterocycles. The summed E-state index contributed by atoms with van der Waals surface area (Å²) in [6, 6.07) is 4.59. The van der Waals surface area contributed by atoms with Crippen molar-refractivity contribution in [2.24, 2.45) is 11.7 Å². The van der Waals surface area contributed by atoms with Gasteiger partial charge in [0.15, 0.2) is 0 Å². The second kappa shape index (κ2) is 11.3. The zero-order valence-electron chi connectivity index (χ0n) is 18.5. The molecule has 10 heteroatoms. The maximum atomic E-state index is 12.9. The van der Waals surface area contributed by atoms with Crippen LogP contribution in [0, 0.1) is 5.92 Å². The lowest BCUT2D eigenvalue weighted by Gasteiger charge is -2.23. The molecule has 1 aromatic carbocycles. The van der Waals surface area contributed by atoms with E-state index in [-0.39, 0.29) is 18.9 Å². The molecular formula is C22H31N5O5. The number of hydrogen-bond donors (Lipinski definition) is 6. The molecule has 2 aromatic rings. The summed E-state index contributed by atoms with van der Waals surface area (Å²) in [5, 5.41) is 18.0.